The van der Waals surface area contributed by atoms with Crippen LogP contribution in [0.3, 0.4) is 0 Å². The maximum Gasteiger partial charge on any atom is 0.138 e. The fourth-order valence-electron chi connectivity index (χ4n) is 1.38. The minimum Gasteiger partial charge on any atom is -0.487 e. The van der Waals surface area contributed by atoms with Gasteiger partial charge in [0.15, 0.2) is 0 Å². The van der Waals surface area contributed by atoms with E-state index in [0.29, 0.717) is 22.7 Å². The smallest absolute Gasteiger partial charge is 0.138 e. The highest BCUT2D eigenvalue weighted by molar-refractivity contribution is 9.10. The minimum atomic E-state index is -0.279. The molecule has 0 N–H and O–H groups in total. The van der Waals surface area contributed by atoms with Crippen molar-refractivity contribution >= 4 is 27.5 Å². The van der Waals surface area contributed by atoms with Crippen LogP contribution in [0.4, 0.5) is 4.39 Å². The molecule has 0 saturated carbocycles. The van der Waals surface area contributed by atoms with E-state index >= 15 is 0 Å². The standard InChI is InChI=1S/C13H10BrClFNO/c14-13-5-10(16)2-1-9(13)8-18-12-4-3-11(6-15)17-7-12/h1-5,7H,6,8H2. The fourth-order valence-corrected chi connectivity index (χ4v) is 2.00. The molecule has 0 atom stereocenters. The van der Waals surface area contributed by atoms with E-state index in [-0.39, 0.29) is 5.82 Å². The molecule has 2 aromatic rings. The second-order valence-corrected chi connectivity index (χ2v) is 4.76. The van der Waals surface area contributed by atoms with Crippen LogP contribution < -0.4 is 4.74 Å². The molecule has 1 aromatic carbocycles. The van der Waals surface area contributed by atoms with E-state index in [1.807, 2.05) is 12.1 Å². The van der Waals surface area contributed by atoms with Gasteiger partial charge in [-0.15, -0.1) is 11.6 Å². The lowest BCUT2D eigenvalue weighted by molar-refractivity contribution is 0.304. The molecule has 0 radical (unpaired) electrons. The lowest BCUT2D eigenvalue weighted by Crippen LogP contribution is -1.97. The van der Waals surface area contributed by atoms with Crippen LogP contribution in [0.5, 0.6) is 5.75 Å². The molecule has 94 valence electrons. The quantitative estimate of drug-likeness (QED) is 0.780. The van der Waals surface area contributed by atoms with Crippen molar-refractivity contribution in [3.8, 4) is 5.75 Å². The van der Waals surface area contributed by atoms with Gasteiger partial charge in [-0.25, -0.2) is 4.39 Å². The van der Waals surface area contributed by atoms with Crippen molar-refractivity contribution in [3.63, 3.8) is 0 Å². The number of aromatic nitrogens is 1. The Labute approximate surface area is 118 Å². The summed E-state index contributed by atoms with van der Waals surface area (Å²) in [6, 6.07) is 8.11. The van der Waals surface area contributed by atoms with Crippen LogP contribution >= 0.6 is 27.5 Å². The highest BCUT2D eigenvalue weighted by atomic mass is 79.9. The molecule has 1 heterocycles. The van der Waals surface area contributed by atoms with Crippen LogP contribution in [-0.4, -0.2) is 4.98 Å². The monoisotopic (exact) mass is 329 g/mol. The maximum atomic E-state index is 12.9. The second kappa shape index (κ2) is 6.16. The van der Waals surface area contributed by atoms with Crippen LogP contribution in [0.1, 0.15) is 11.3 Å². The van der Waals surface area contributed by atoms with Crippen LogP contribution in [0, 0.1) is 5.82 Å². The van der Waals surface area contributed by atoms with Crippen molar-refractivity contribution in [2.24, 2.45) is 0 Å². The van der Waals surface area contributed by atoms with E-state index in [1.165, 1.54) is 12.1 Å². The Hall–Kier alpha value is -1.13. The SMILES string of the molecule is Fc1ccc(COc2ccc(CCl)nc2)c(Br)c1. The normalized spacial score (nSPS) is 10.4. The van der Waals surface area contributed by atoms with Gasteiger partial charge in [0.1, 0.15) is 18.2 Å². The second-order valence-electron chi connectivity index (χ2n) is 3.64. The molecular formula is C13H10BrClFNO. The van der Waals surface area contributed by atoms with Gasteiger partial charge in [-0.05, 0) is 24.3 Å². The van der Waals surface area contributed by atoms with Gasteiger partial charge < -0.3 is 4.74 Å². The zero-order valence-corrected chi connectivity index (χ0v) is 11.7. The largest absolute Gasteiger partial charge is 0.487 e. The Morgan fingerprint density at radius 2 is 2.11 bits per heavy atom. The van der Waals surface area contributed by atoms with E-state index < -0.39 is 0 Å². The Kier molecular flexibility index (Phi) is 4.55. The van der Waals surface area contributed by atoms with E-state index in [0.717, 1.165) is 11.3 Å². The molecule has 2 rings (SSSR count). The average Bonchev–Trinajstić information content (AvgIpc) is 2.38. The Morgan fingerprint density at radius 1 is 1.28 bits per heavy atom. The third-order valence-corrected chi connectivity index (χ3v) is 3.36. The molecule has 0 unspecified atom stereocenters. The molecule has 0 fully saturated rings. The molecule has 2 nitrogen and oxygen atoms in total. The van der Waals surface area contributed by atoms with Gasteiger partial charge in [0, 0.05) is 10.0 Å². The summed E-state index contributed by atoms with van der Waals surface area (Å²) in [6.45, 7) is 0.350. The summed E-state index contributed by atoms with van der Waals surface area (Å²) in [5.74, 6) is 0.753. The van der Waals surface area contributed by atoms with Gasteiger partial charge in [0.25, 0.3) is 0 Å². The highest BCUT2D eigenvalue weighted by Crippen LogP contribution is 2.20. The van der Waals surface area contributed by atoms with E-state index in [4.69, 9.17) is 16.3 Å². The summed E-state index contributed by atoms with van der Waals surface area (Å²) in [5.41, 5.74) is 1.67. The Balaban J connectivity index is 2.02. The molecule has 0 spiro atoms. The predicted molar refractivity (Wildman–Crippen MR) is 72.2 cm³/mol. The molecule has 0 saturated heterocycles. The first-order valence-electron chi connectivity index (χ1n) is 5.26. The number of benzene rings is 1. The first-order chi connectivity index (χ1) is 8.69. The summed E-state index contributed by atoms with van der Waals surface area (Å²) < 4.78 is 19.1. The first kappa shape index (κ1) is 13.3. The summed E-state index contributed by atoms with van der Waals surface area (Å²) in [7, 11) is 0. The summed E-state index contributed by atoms with van der Waals surface area (Å²) >= 11 is 8.93. The predicted octanol–water partition coefficient (Wildman–Crippen LogP) is 4.30. The summed E-state index contributed by atoms with van der Waals surface area (Å²) in [4.78, 5) is 4.12. The van der Waals surface area contributed by atoms with Crippen LogP contribution in [0.25, 0.3) is 0 Å². The molecule has 5 heteroatoms. The van der Waals surface area contributed by atoms with Gasteiger partial charge in [-0.2, -0.15) is 0 Å². The van der Waals surface area contributed by atoms with Crippen molar-refractivity contribution in [1.29, 1.82) is 0 Å². The Morgan fingerprint density at radius 3 is 2.72 bits per heavy atom. The van der Waals surface area contributed by atoms with Crippen LogP contribution in [-0.2, 0) is 12.5 Å². The average molecular weight is 331 g/mol. The van der Waals surface area contributed by atoms with Crippen LogP contribution in [0.15, 0.2) is 41.0 Å². The van der Waals surface area contributed by atoms with Crippen molar-refractivity contribution in [2.75, 3.05) is 0 Å². The lowest BCUT2D eigenvalue weighted by atomic mass is 10.2. The first-order valence-corrected chi connectivity index (χ1v) is 6.59. The molecule has 1 aromatic heterocycles. The number of alkyl halides is 1. The topological polar surface area (TPSA) is 22.1 Å². The van der Waals surface area contributed by atoms with E-state index in [2.05, 4.69) is 20.9 Å². The molecule has 0 aliphatic heterocycles. The zero-order valence-electron chi connectivity index (χ0n) is 9.37. The highest BCUT2D eigenvalue weighted by Gasteiger charge is 2.03. The molecule has 18 heavy (non-hydrogen) atoms. The zero-order chi connectivity index (χ0) is 13.0. The number of ether oxygens (including phenoxy) is 1. The number of hydrogen-bond acceptors (Lipinski definition) is 2. The van der Waals surface area contributed by atoms with E-state index in [9.17, 15) is 4.39 Å². The molecule has 0 bridgehead atoms. The summed E-state index contributed by atoms with van der Waals surface area (Å²) in [6.07, 6.45) is 1.62. The van der Waals surface area contributed by atoms with Gasteiger partial charge in [-0.3, -0.25) is 4.98 Å². The molecule has 0 aliphatic carbocycles. The van der Waals surface area contributed by atoms with Crippen LogP contribution in [0.2, 0.25) is 0 Å². The number of nitrogens with zero attached hydrogens (tertiary/aromatic N) is 1. The Bertz CT molecular complexity index is 533. The molecular weight excluding hydrogens is 321 g/mol. The fraction of sp³-hybridized carbons (Fsp3) is 0.154. The summed E-state index contributed by atoms with van der Waals surface area (Å²) in [5, 5.41) is 0. The van der Waals surface area contributed by atoms with Crippen molar-refractivity contribution in [1.82, 2.24) is 4.98 Å². The van der Waals surface area contributed by atoms with E-state index in [1.54, 1.807) is 12.3 Å². The van der Waals surface area contributed by atoms with Gasteiger partial charge >= 0.3 is 0 Å². The van der Waals surface area contributed by atoms with Gasteiger partial charge in [0.2, 0.25) is 0 Å². The number of hydrogen-bond donors (Lipinski definition) is 0. The van der Waals surface area contributed by atoms with Crippen molar-refractivity contribution < 1.29 is 9.13 Å². The molecule has 0 amide bonds. The number of rotatable bonds is 4. The van der Waals surface area contributed by atoms with Crippen molar-refractivity contribution in [2.45, 2.75) is 12.5 Å². The third-order valence-electron chi connectivity index (χ3n) is 2.34. The molecule has 0 aliphatic rings. The van der Waals surface area contributed by atoms with Gasteiger partial charge in [-0.1, -0.05) is 22.0 Å². The minimum absolute atomic E-state index is 0.279. The maximum absolute atomic E-state index is 12.9. The number of halogens is 3. The third kappa shape index (κ3) is 3.43. The lowest BCUT2D eigenvalue weighted by Gasteiger charge is -2.08. The number of pyridine rings is 1. The van der Waals surface area contributed by atoms with Crippen molar-refractivity contribution in [3.05, 3.63) is 58.1 Å². The van der Waals surface area contributed by atoms with Gasteiger partial charge in [0.05, 0.1) is 17.8 Å².